The Morgan fingerprint density at radius 1 is 0.962 bits per heavy atom. The van der Waals surface area contributed by atoms with Gasteiger partial charge in [-0.15, -0.1) is 0 Å². The lowest BCUT2D eigenvalue weighted by Crippen LogP contribution is -2.27. The van der Waals surface area contributed by atoms with Crippen molar-refractivity contribution in [3.8, 4) is 11.3 Å². The second-order valence-corrected chi connectivity index (χ2v) is 5.47. The van der Waals surface area contributed by atoms with Gasteiger partial charge in [0.05, 0.1) is 0 Å². The van der Waals surface area contributed by atoms with Crippen molar-refractivity contribution in [1.82, 2.24) is 5.32 Å². The number of aliphatic carboxylic acids is 1. The number of nitrogen functional groups attached to an aromatic ring is 1. The van der Waals surface area contributed by atoms with Gasteiger partial charge in [-0.2, -0.15) is 0 Å². The number of carbonyl (C=O) groups excluding carboxylic acids is 1. The molecule has 0 radical (unpaired) electrons. The molecule has 3 aromatic rings. The molecule has 1 amide bonds. The lowest BCUT2D eigenvalue weighted by atomic mass is 10.1. The van der Waals surface area contributed by atoms with Crippen molar-refractivity contribution < 1.29 is 19.1 Å². The SMILES string of the molecule is Nc1ccccc1-c1ccc(/C=C(\NC(=O)c2ccccc2)C(=O)O)o1. The highest BCUT2D eigenvalue weighted by Crippen LogP contribution is 2.28. The van der Waals surface area contributed by atoms with Gasteiger partial charge in [0.25, 0.3) is 5.91 Å². The molecule has 0 saturated carbocycles. The third kappa shape index (κ3) is 3.81. The monoisotopic (exact) mass is 348 g/mol. The molecule has 0 unspecified atom stereocenters. The van der Waals surface area contributed by atoms with Crippen LogP contribution >= 0.6 is 0 Å². The molecule has 6 nitrogen and oxygen atoms in total. The molecule has 130 valence electrons. The van der Waals surface area contributed by atoms with Crippen molar-refractivity contribution in [1.29, 1.82) is 0 Å². The zero-order chi connectivity index (χ0) is 18.5. The highest BCUT2D eigenvalue weighted by molar-refractivity contribution is 6.02. The van der Waals surface area contributed by atoms with Crippen LogP contribution in [0, 0.1) is 0 Å². The maximum Gasteiger partial charge on any atom is 0.352 e. The van der Waals surface area contributed by atoms with E-state index in [-0.39, 0.29) is 11.5 Å². The van der Waals surface area contributed by atoms with Gasteiger partial charge in [-0.25, -0.2) is 4.79 Å². The minimum absolute atomic E-state index is 0.286. The van der Waals surface area contributed by atoms with Crippen molar-refractivity contribution >= 4 is 23.6 Å². The van der Waals surface area contributed by atoms with E-state index in [9.17, 15) is 14.7 Å². The van der Waals surface area contributed by atoms with E-state index in [0.717, 1.165) is 0 Å². The molecule has 1 heterocycles. The molecule has 6 heteroatoms. The number of carbonyl (C=O) groups is 2. The minimum atomic E-state index is -1.27. The first-order valence-corrected chi connectivity index (χ1v) is 7.80. The highest BCUT2D eigenvalue weighted by Gasteiger charge is 2.14. The van der Waals surface area contributed by atoms with Crippen LogP contribution in [-0.4, -0.2) is 17.0 Å². The Morgan fingerprint density at radius 2 is 1.65 bits per heavy atom. The molecule has 0 saturated heterocycles. The average molecular weight is 348 g/mol. The number of hydrogen-bond donors (Lipinski definition) is 3. The number of rotatable bonds is 5. The van der Waals surface area contributed by atoms with Crippen LogP contribution in [0.3, 0.4) is 0 Å². The van der Waals surface area contributed by atoms with Gasteiger partial charge < -0.3 is 20.6 Å². The standard InChI is InChI=1S/C20H16N2O4/c21-16-9-5-4-8-15(16)18-11-10-14(26-18)12-17(20(24)25)22-19(23)13-6-2-1-3-7-13/h1-12H,21H2,(H,22,23)(H,24,25)/b17-12-. The Hall–Kier alpha value is -3.80. The quantitative estimate of drug-likeness (QED) is 0.484. The summed E-state index contributed by atoms with van der Waals surface area (Å²) in [6, 6.07) is 18.8. The van der Waals surface area contributed by atoms with Gasteiger partial charge in [-0.1, -0.05) is 30.3 Å². The maximum absolute atomic E-state index is 12.2. The Morgan fingerprint density at radius 3 is 2.35 bits per heavy atom. The van der Waals surface area contributed by atoms with E-state index in [1.165, 1.54) is 6.08 Å². The molecular weight excluding hydrogens is 332 g/mol. The lowest BCUT2D eigenvalue weighted by molar-refractivity contribution is -0.132. The number of para-hydroxylation sites is 1. The van der Waals surface area contributed by atoms with E-state index in [1.54, 1.807) is 54.6 Å². The van der Waals surface area contributed by atoms with Gasteiger partial charge in [0, 0.05) is 22.9 Å². The van der Waals surface area contributed by atoms with Gasteiger partial charge >= 0.3 is 5.97 Å². The topological polar surface area (TPSA) is 106 Å². The third-order valence-electron chi connectivity index (χ3n) is 3.65. The van der Waals surface area contributed by atoms with Crippen LogP contribution in [0.15, 0.2) is 76.8 Å². The van der Waals surface area contributed by atoms with Gasteiger partial charge in [0.15, 0.2) is 0 Å². The molecule has 1 aromatic heterocycles. The van der Waals surface area contributed by atoms with Gasteiger partial charge in [-0.05, 0) is 36.4 Å². The predicted molar refractivity (Wildman–Crippen MR) is 98.1 cm³/mol. The number of benzene rings is 2. The fourth-order valence-corrected chi connectivity index (χ4v) is 2.37. The highest BCUT2D eigenvalue weighted by atomic mass is 16.4. The van der Waals surface area contributed by atoms with E-state index in [1.807, 2.05) is 12.1 Å². The fourth-order valence-electron chi connectivity index (χ4n) is 2.37. The minimum Gasteiger partial charge on any atom is -0.477 e. The third-order valence-corrected chi connectivity index (χ3v) is 3.65. The summed E-state index contributed by atoms with van der Waals surface area (Å²) >= 11 is 0. The van der Waals surface area contributed by atoms with Crippen LogP contribution in [0.4, 0.5) is 5.69 Å². The molecule has 0 atom stereocenters. The molecule has 0 spiro atoms. The van der Waals surface area contributed by atoms with Crippen molar-refractivity contribution in [2.75, 3.05) is 5.73 Å². The second kappa shape index (κ2) is 7.40. The molecule has 2 aromatic carbocycles. The Kier molecular flexibility index (Phi) is 4.85. The van der Waals surface area contributed by atoms with E-state index in [4.69, 9.17) is 10.2 Å². The van der Waals surface area contributed by atoms with Crippen molar-refractivity contribution in [3.63, 3.8) is 0 Å². The summed E-state index contributed by atoms with van der Waals surface area (Å²) in [5, 5.41) is 11.7. The van der Waals surface area contributed by atoms with Gasteiger partial charge in [0.2, 0.25) is 0 Å². The van der Waals surface area contributed by atoms with Crippen LogP contribution in [0.1, 0.15) is 16.1 Å². The maximum atomic E-state index is 12.2. The molecule has 4 N–H and O–H groups in total. The average Bonchev–Trinajstić information content (AvgIpc) is 3.10. The number of nitrogens with one attached hydrogen (secondary N) is 1. The first-order valence-electron chi connectivity index (χ1n) is 7.80. The number of nitrogens with two attached hydrogens (primary N) is 1. The molecule has 0 aliphatic rings. The molecule has 26 heavy (non-hydrogen) atoms. The first-order chi connectivity index (χ1) is 12.5. The van der Waals surface area contributed by atoms with Crippen LogP contribution in [0.25, 0.3) is 17.4 Å². The number of furan rings is 1. The van der Waals surface area contributed by atoms with Crippen LogP contribution < -0.4 is 11.1 Å². The number of amides is 1. The van der Waals surface area contributed by atoms with E-state index < -0.39 is 11.9 Å². The Bertz CT molecular complexity index is 974. The summed E-state index contributed by atoms with van der Waals surface area (Å²) in [6.07, 6.45) is 1.26. The summed E-state index contributed by atoms with van der Waals surface area (Å²) in [7, 11) is 0. The van der Waals surface area contributed by atoms with Crippen LogP contribution in [0.5, 0.6) is 0 Å². The smallest absolute Gasteiger partial charge is 0.352 e. The van der Waals surface area contributed by atoms with Gasteiger partial charge in [0.1, 0.15) is 17.2 Å². The van der Waals surface area contributed by atoms with E-state index in [2.05, 4.69) is 5.32 Å². The molecule has 0 aliphatic heterocycles. The Labute approximate surface area is 149 Å². The molecule has 3 rings (SSSR count). The number of anilines is 1. The predicted octanol–water partition coefficient (Wildman–Crippen LogP) is 3.38. The largest absolute Gasteiger partial charge is 0.477 e. The van der Waals surface area contributed by atoms with E-state index >= 15 is 0 Å². The lowest BCUT2D eigenvalue weighted by Gasteiger charge is -2.05. The zero-order valence-corrected chi connectivity index (χ0v) is 13.7. The molecule has 0 fully saturated rings. The molecule has 0 bridgehead atoms. The number of carboxylic acids is 1. The summed E-state index contributed by atoms with van der Waals surface area (Å²) in [4.78, 5) is 23.6. The number of carboxylic acid groups (broad SMARTS) is 1. The summed E-state index contributed by atoms with van der Waals surface area (Å²) < 4.78 is 5.65. The van der Waals surface area contributed by atoms with Crippen molar-refractivity contribution in [2.45, 2.75) is 0 Å². The zero-order valence-electron chi connectivity index (χ0n) is 13.7. The van der Waals surface area contributed by atoms with Crippen LogP contribution in [0.2, 0.25) is 0 Å². The Balaban J connectivity index is 1.85. The fraction of sp³-hybridized carbons (Fsp3) is 0. The number of hydrogen-bond acceptors (Lipinski definition) is 4. The summed E-state index contributed by atoms with van der Waals surface area (Å²) in [6.45, 7) is 0. The van der Waals surface area contributed by atoms with Gasteiger partial charge in [-0.3, -0.25) is 4.79 Å². The summed E-state index contributed by atoms with van der Waals surface area (Å²) in [5.41, 5.74) is 7.24. The molecular formula is C20H16N2O4. The van der Waals surface area contributed by atoms with Crippen molar-refractivity contribution in [2.24, 2.45) is 0 Å². The van der Waals surface area contributed by atoms with Crippen molar-refractivity contribution in [3.05, 3.63) is 83.8 Å². The second-order valence-electron chi connectivity index (χ2n) is 5.47. The molecule has 0 aliphatic carbocycles. The first kappa shape index (κ1) is 17.0. The van der Waals surface area contributed by atoms with Crippen LogP contribution in [-0.2, 0) is 4.79 Å². The normalized spacial score (nSPS) is 11.2. The summed E-state index contributed by atoms with van der Waals surface area (Å²) in [5.74, 6) is -0.993. The van der Waals surface area contributed by atoms with E-state index in [0.29, 0.717) is 22.6 Å².